The van der Waals surface area contributed by atoms with E-state index in [2.05, 4.69) is 15.5 Å². The number of benzene rings is 1. The summed E-state index contributed by atoms with van der Waals surface area (Å²) in [5.74, 6) is 1.97. The van der Waals surface area contributed by atoms with Crippen molar-refractivity contribution in [1.29, 1.82) is 0 Å². The van der Waals surface area contributed by atoms with Gasteiger partial charge in [0.2, 0.25) is 5.91 Å². The number of rotatable bonds is 10. The van der Waals surface area contributed by atoms with Gasteiger partial charge in [0.05, 0.1) is 11.2 Å². The minimum atomic E-state index is -0.317. The van der Waals surface area contributed by atoms with Gasteiger partial charge in [-0.25, -0.2) is 14.8 Å². The lowest BCUT2D eigenvalue weighted by atomic mass is 10.3. The van der Waals surface area contributed by atoms with Crippen LogP contribution in [0.5, 0.6) is 5.75 Å². The molecule has 0 radical (unpaired) electrons. The van der Waals surface area contributed by atoms with Crippen molar-refractivity contribution in [3.05, 3.63) is 78.1 Å². The molecule has 0 unspecified atom stereocenters. The minimum absolute atomic E-state index is 0.158. The average molecular weight is 413 g/mol. The zero-order chi connectivity index (χ0) is 20.3. The van der Waals surface area contributed by atoms with Crippen LogP contribution in [0.4, 0.5) is 4.39 Å². The Morgan fingerprint density at radius 3 is 2.86 bits per heavy atom. The summed E-state index contributed by atoms with van der Waals surface area (Å²) in [6.45, 7) is 0.208. The zero-order valence-corrected chi connectivity index (χ0v) is 16.4. The van der Waals surface area contributed by atoms with E-state index >= 15 is 0 Å². The number of carbonyl (C=O) groups excluding carboxylic acids is 1. The molecule has 0 fully saturated rings. The van der Waals surface area contributed by atoms with E-state index in [1.807, 2.05) is 18.2 Å². The molecular weight excluding hydrogens is 393 g/mol. The van der Waals surface area contributed by atoms with E-state index in [4.69, 9.17) is 9.15 Å². The highest BCUT2D eigenvalue weighted by molar-refractivity contribution is 7.99. The van der Waals surface area contributed by atoms with Crippen molar-refractivity contribution in [2.75, 3.05) is 5.75 Å². The summed E-state index contributed by atoms with van der Waals surface area (Å²) in [6.07, 6.45) is 4.29. The monoisotopic (exact) mass is 413 g/mol. The van der Waals surface area contributed by atoms with E-state index in [0.717, 1.165) is 17.2 Å². The van der Waals surface area contributed by atoms with Crippen LogP contribution in [-0.4, -0.2) is 22.9 Å². The third kappa shape index (κ3) is 7.42. The molecule has 6 nitrogen and oxygen atoms in total. The first kappa shape index (κ1) is 20.6. The highest BCUT2D eigenvalue weighted by atomic mass is 32.2. The molecule has 0 aliphatic carbocycles. The summed E-state index contributed by atoms with van der Waals surface area (Å²) in [7, 11) is 0. The highest BCUT2D eigenvalue weighted by Crippen LogP contribution is 2.16. The van der Waals surface area contributed by atoms with E-state index in [9.17, 15) is 9.18 Å². The maximum Gasteiger partial charge on any atom is 0.240 e. The standard InChI is InChI=1S/C21H20FN3O3S/c22-16-6-8-17(9-7-16)27-15-19-11-10-18(28-19)14-24-25-20(26)4-3-13-29-21-5-1-2-12-23-21/h1-2,5-12,14H,3-4,13,15H2,(H,25,26)/b24-14+. The Morgan fingerprint density at radius 2 is 2.07 bits per heavy atom. The average Bonchev–Trinajstić information content (AvgIpc) is 3.19. The summed E-state index contributed by atoms with van der Waals surface area (Å²) in [4.78, 5) is 16.0. The third-order valence-electron chi connectivity index (χ3n) is 3.69. The van der Waals surface area contributed by atoms with Gasteiger partial charge in [-0.3, -0.25) is 4.79 Å². The molecule has 0 atom stereocenters. The van der Waals surface area contributed by atoms with E-state index in [1.165, 1.54) is 18.3 Å². The van der Waals surface area contributed by atoms with Crippen LogP contribution in [0.1, 0.15) is 24.4 Å². The number of furan rings is 1. The molecule has 1 aromatic carbocycles. The fourth-order valence-corrected chi connectivity index (χ4v) is 3.10. The van der Waals surface area contributed by atoms with Gasteiger partial charge in [-0.05, 0) is 60.7 Å². The van der Waals surface area contributed by atoms with Gasteiger partial charge in [0.25, 0.3) is 0 Å². The Balaban J connectivity index is 1.33. The number of hydrazone groups is 1. The Hall–Kier alpha value is -3.13. The van der Waals surface area contributed by atoms with Crippen molar-refractivity contribution in [2.45, 2.75) is 24.5 Å². The summed E-state index contributed by atoms with van der Waals surface area (Å²) in [5.41, 5.74) is 2.48. The first-order valence-corrected chi connectivity index (χ1v) is 10.0. The summed E-state index contributed by atoms with van der Waals surface area (Å²) >= 11 is 1.61. The largest absolute Gasteiger partial charge is 0.486 e. The minimum Gasteiger partial charge on any atom is -0.486 e. The van der Waals surface area contributed by atoms with Crippen LogP contribution >= 0.6 is 11.8 Å². The number of pyridine rings is 1. The van der Waals surface area contributed by atoms with Crippen molar-refractivity contribution in [1.82, 2.24) is 10.4 Å². The van der Waals surface area contributed by atoms with Crippen molar-refractivity contribution >= 4 is 23.9 Å². The van der Waals surface area contributed by atoms with Gasteiger partial charge in [0.1, 0.15) is 29.7 Å². The molecule has 0 aliphatic heterocycles. The number of thioether (sulfide) groups is 1. The maximum absolute atomic E-state index is 12.9. The molecule has 150 valence electrons. The number of nitrogens with one attached hydrogen (secondary N) is 1. The maximum atomic E-state index is 12.9. The van der Waals surface area contributed by atoms with Crippen LogP contribution < -0.4 is 10.2 Å². The summed E-state index contributed by atoms with van der Waals surface area (Å²) < 4.78 is 23.9. The molecule has 3 aromatic rings. The van der Waals surface area contributed by atoms with Gasteiger partial charge in [-0.15, -0.1) is 11.8 Å². The summed E-state index contributed by atoms with van der Waals surface area (Å²) in [5, 5.41) is 4.85. The lowest BCUT2D eigenvalue weighted by Crippen LogP contribution is -2.17. The molecular formula is C21H20FN3O3S. The number of aromatic nitrogens is 1. The van der Waals surface area contributed by atoms with Crippen molar-refractivity contribution < 1.29 is 18.3 Å². The van der Waals surface area contributed by atoms with Crippen LogP contribution in [0.15, 0.2) is 75.3 Å². The third-order valence-corrected chi connectivity index (χ3v) is 4.72. The van der Waals surface area contributed by atoms with E-state index in [0.29, 0.717) is 23.7 Å². The predicted octanol–water partition coefficient (Wildman–Crippen LogP) is 4.42. The molecule has 0 spiro atoms. The molecule has 0 saturated heterocycles. The topological polar surface area (TPSA) is 76.7 Å². The number of ether oxygens (including phenoxy) is 1. The zero-order valence-electron chi connectivity index (χ0n) is 15.6. The Kier molecular flexibility index (Phi) is 7.82. The SMILES string of the molecule is O=C(CCCSc1ccccn1)N/N=C/c1ccc(COc2ccc(F)cc2)o1. The van der Waals surface area contributed by atoms with Crippen LogP contribution in [0.25, 0.3) is 0 Å². The molecule has 8 heteroatoms. The van der Waals surface area contributed by atoms with Crippen molar-refractivity contribution in [2.24, 2.45) is 5.10 Å². The lowest BCUT2D eigenvalue weighted by Gasteiger charge is -2.03. The molecule has 2 heterocycles. The first-order chi connectivity index (χ1) is 14.2. The molecule has 0 aliphatic rings. The van der Waals surface area contributed by atoms with E-state index in [1.54, 1.807) is 42.2 Å². The second-order valence-corrected chi connectivity index (χ2v) is 7.08. The lowest BCUT2D eigenvalue weighted by molar-refractivity contribution is -0.121. The van der Waals surface area contributed by atoms with Gasteiger partial charge < -0.3 is 9.15 Å². The van der Waals surface area contributed by atoms with Crippen molar-refractivity contribution in [3.8, 4) is 5.75 Å². The van der Waals surface area contributed by atoms with E-state index < -0.39 is 0 Å². The Morgan fingerprint density at radius 1 is 1.21 bits per heavy atom. The normalized spacial score (nSPS) is 10.9. The van der Waals surface area contributed by atoms with Crippen LogP contribution in [-0.2, 0) is 11.4 Å². The molecule has 1 N–H and O–H groups in total. The van der Waals surface area contributed by atoms with Gasteiger partial charge >= 0.3 is 0 Å². The number of nitrogens with zero attached hydrogens (tertiary/aromatic N) is 2. The second kappa shape index (κ2) is 11.0. The summed E-state index contributed by atoms with van der Waals surface area (Å²) in [6, 6.07) is 15.0. The fourth-order valence-electron chi connectivity index (χ4n) is 2.29. The van der Waals surface area contributed by atoms with Gasteiger partial charge in [0, 0.05) is 12.6 Å². The second-order valence-electron chi connectivity index (χ2n) is 5.96. The number of hydrogen-bond acceptors (Lipinski definition) is 6. The molecule has 2 aromatic heterocycles. The Bertz CT molecular complexity index is 930. The van der Waals surface area contributed by atoms with E-state index in [-0.39, 0.29) is 18.3 Å². The fraction of sp³-hybridized carbons (Fsp3) is 0.190. The van der Waals surface area contributed by atoms with Crippen LogP contribution in [0, 0.1) is 5.82 Å². The molecule has 29 heavy (non-hydrogen) atoms. The molecule has 1 amide bonds. The van der Waals surface area contributed by atoms with Gasteiger partial charge in [-0.2, -0.15) is 5.10 Å². The number of halogens is 1. The quantitative estimate of drug-likeness (QED) is 0.231. The van der Waals surface area contributed by atoms with Gasteiger partial charge in [-0.1, -0.05) is 6.07 Å². The van der Waals surface area contributed by atoms with Crippen LogP contribution in [0.2, 0.25) is 0 Å². The number of amides is 1. The first-order valence-electron chi connectivity index (χ1n) is 9.02. The molecule has 0 bridgehead atoms. The molecule has 3 rings (SSSR count). The molecule has 0 saturated carbocycles. The highest BCUT2D eigenvalue weighted by Gasteiger charge is 2.03. The smallest absolute Gasteiger partial charge is 0.240 e. The Labute approximate surface area is 172 Å². The van der Waals surface area contributed by atoms with Crippen LogP contribution in [0.3, 0.4) is 0 Å². The number of carbonyl (C=O) groups is 1. The predicted molar refractivity (Wildman–Crippen MR) is 109 cm³/mol. The van der Waals surface area contributed by atoms with Crippen molar-refractivity contribution in [3.63, 3.8) is 0 Å². The number of hydrogen-bond donors (Lipinski definition) is 1. The van der Waals surface area contributed by atoms with Gasteiger partial charge in [0.15, 0.2) is 0 Å².